The van der Waals surface area contributed by atoms with Crippen molar-refractivity contribution in [3.63, 3.8) is 0 Å². The number of hydrogen-bond acceptors (Lipinski definition) is 6. The third-order valence-corrected chi connectivity index (χ3v) is 3.56. The molecule has 1 atom stereocenters. The van der Waals surface area contributed by atoms with Gasteiger partial charge in [-0.3, -0.25) is 4.90 Å². The van der Waals surface area contributed by atoms with Crippen LogP contribution in [0.5, 0.6) is 0 Å². The molecular weight excluding hydrogens is 243 g/mol. The molecule has 3 aliphatic rings. The van der Waals surface area contributed by atoms with Crippen LogP contribution in [0.3, 0.4) is 0 Å². The van der Waals surface area contributed by atoms with Crippen LogP contribution in [0.15, 0.2) is 5.16 Å². The highest BCUT2D eigenvalue weighted by molar-refractivity contribution is 7.57. The maximum Gasteiger partial charge on any atom is 0.322 e. The van der Waals surface area contributed by atoms with E-state index in [1.807, 2.05) is 0 Å². The fraction of sp³-hybridized carbons (Fsp3) is 0.800. The average Bonchev–Trinajstić information content (AvgIpc) is 2.27. The summed E-state index contributed by atoms with van der Waals surface area (Å²) in [5.74, 6) is 0.896. The molecule has 0 aliphatic carbocycles. The van der Waals surface area contributed by atoms with Crippen molar-refractivity contribution in [3.8, 4) is 0 Å². The molecule has 17 heavy (non-hydrogen) atoms. The zero-order valence-electron chi connectivity index (χ0n) is 9.95. The number of rotatable bonds is 3. The van der Waals surface area contributed by atoms with Crippen molar-refractivity contribution in [2.24, 2.45) is 11.1 Å². The van der Waals surface area contributed by atoms with Crippen LogP contribution in [-0.2, 0) is 9.36 Å². The molecule has 3 saturated heterocycles. The molecule has 1 unspecified atom stereocenters. The second-order valence-electron chi connectivity index (χ2n) is 4.65. The van der Waals surface area contributed by atoms with E-state index in [0.29, 0.717) is 11.8 Å². The standard InChI is InChI=1S/C10H19N2O4P/c1-8(11-16-17(2,13)14)15-10-7-12-5-3-9(10)4-6-12/h9-10,13-14H,2-7H2,1H3. The molecule has 2 N–H and O–H groups in total. The molecule has 6 nitrogen and oxygen atoms in total. The van der Waals surface area contributed by atoms with Gasteiger partial charge >= 0.3 is 7.57 Å². The number of piperidine rings is 3. The summed E-state index contributed by atoms with van der Waals surface area (Å²) in [6.45, 7) is 4.86. The molecule has 3 aliphatic heterocycles. The maximum atomic E-state index is 8.94. The van der Waals surface area contributed by atoms with Crippen molar-refractivity contribution in [1.82, 2.24) is 4.90 Å². The van der Waals surface area contributed by atoms with E-state index in [2.05, 4.69) is 21.0 Å². The number of ether oxygens (including phenoxy) is 1. The average molecular weight is 262 g/mol. The van der Waals surface area contributed by atoms with E-state index >= 15 is 0 Å². The lowest BCUT2D eigenvalue weighted by atomic mass is 9.86. The van der Waals surface area contributed by atoms with E-state index in [9.17, 15) is 0 Å². The Morgan fingerprint density at radius 3 is 2.53 bits per heavy atom. The van der Waals surface area contributed by atoms with E-state index in [4.69, 9.17) is 14.5 Å². The summed E-state index contributed by atoms with van der Waals surface area (Å²) >= 11 is 0. The van der Waals surface area contributed by atoms with Crippen LogP contribution < -0.4 is 0 Å². The molecule has 0 aromatic carbocycles. The first-order valence-electron chi connectivity index (χ1n) is 5.75. The summed E-state index contributed by atoms with van der Waals surface area (Å²) in [6.07, 6.45) is 5.51. The zero-order valence-corrected chi connectivity index (χ0v) is 10.8. The van der Waals surface area contributed by atoms with Crippen LogP contribution in [0, 0.1) is 5.92 Å². The minimum atomic E-state index is -3.56. The Bertz CT molecular complexity index is 346. The fourth-order valence-electron chi connectivity index (χ4n) is 2.41. The van der Waals surface area contributed by atoms with Crippen molar-refractivity contribution in [3.05, 3.63) is 0 Å². The van der Waals surface area contributed by atoms with Crippen molar-refractivity contribution < 1.29 is 19.1 Å². The van der Waals surface area contributed by atoms with Gasteiger partial charge in [-0.2, -0.15) is 0 Å². The first-order chi connectivity index (χ1) is 7.94. The van der Waals surface area contributed by atoms with Crippen molar-refractivity contribution >= 4 is 19.8 Å². The Morgan fingerprint density at radius 1 is 1.41 bits per heavy atom. The topological polar surface area (TPSA) is 74.5 Å². The van der Waals surface area contributed by atoms with Crippen LogP contribution >= 0.6 is 7.57 Å². The fourth-order valence-corrected chi connectivity index (χ4v) is 2.65. The zero-order chi connectivity index (χ0) is 12.5. The van der Waals surface area contributed by atoms with E-state index in [1.165, 1.54) is 0 Å². The van der Waals surface area contributed by atoms with Gasteiger partial charge in [0.1, 0.15) is 6.10 Å². The van der Waals surface area contributed by atoms with Crippen LogP contribution in [0.25, 0.3) is 0 Å². The third kappa shape index (κ3) is 3.71. The van der Waals surface area contributed by atoms with Gasteiger partial charge < -0.3 is 19.1 Å². The van der Waals surface area contributed by atoms with Gasteiger partial charge in [0.2, 0.25) is 5.90 Å². The Labute approximate surface area is 101 Å². The van der Waals surface area contributed by atoms with Gasteiger partial charge in [-0.15, -0.1) is 0 Å². The highest BCUT2D eigenvalue weighted by Crippen LogP contribution is 2.35. The van der Waals surface area contributed by atoms with E-state index in [0.717, 1.165) is 32.5 Å². The largest absolute Gasteiger partial charge is 0.474 e. The Hall–Kier alpha value is -0.550. The van der Waals surface area contributed by atoms with Crippen LogP contribution in [0.2, 0.25) is 0 Å². The lowest BCUT2D eigenvalue weighted by molar-refractivity contribution is -0.0167. The monoisotopic (exact) mass is 262 g/mol. The highest BCUT2D eigenvalue weighted by atomic mass is 31.2. The summed E-state index contributed by atoms with van der Waals surface area (Å²) in [5.41, 5.74) is 0. The number of oxime groups is 1. The molecule has 0 radical (unpaired) electrons. The molecule has 3 heterocycles. The summed E-state index contributed by atoms with van der Waals surface area (Å²) in [4.78, 5) is 20.3. The Balaban J connectivity index is 1.86. The molecule has 2 bridgehead atoms. The van der Waals surface area contributed by atoms with Crippen molar-refractivity contribution in [2.75, 3.05) is 19.6 Å². The first kappa shape index (κ1) is 12.9. The molecule has 3 fully saturated rings. The van der Waals surface area contributed by atoms with E-state index < -0.39 is 7.57 Å². The second-order valence-corrected chi connectivity index (χ2v) is 6.14. The molecule has 98 valence electrons. The molecule has 7 heteroatoms. The van der Waals surface area contributed by atoms with Crippen molar-refractivity contribution in [2.45, 2.75) is 25.9 Å². The highest BCUT2D eigenvalue weighted by Gasteiger charge is 2.35. The second kappa shape index (κ2) is 4.98. The number of nitrogens with zero attached hydrogens (tertiary/aromatic N) is 2. The molecule has 0 aromatic heterocycles. The lowest BCUT2D eigenvalue weighted by Gasteiger charge is -2.44. The number of hydrogen-bond donors (Lipinski definition) is 2. The summed E-state index contributed by atoms with van der Waals surface area (Å²) < 4.78 is 10.1. The summed E-state index contributed by atoms with van der Waals surface area (Å²) in [7, 11) is -3.56. The first-order valence-corrected chi connectivity index (χ1v) is 7.55. The molecule has 0 spiro atoms. The molecule has 0 amide bonds. The van der Waals surface area contributed by atoms with Gasteiger partial charge in [-0.1, -0.05) is 0 Å². The molecule has 3 rings (SSSR count). The van der Waals surface area contributed by atoms with Crippen molar-refractivity contribution in [1.29, 1.82) is 0 Å². The molecule has 0 saturated carbocycles. The normalized spacial score (nSPS) is 33.6. The van der Waals surface area contributed by atoms with Gasteiger partial charge in [-0.25, -0.2) is 0 Å². The van der Waals surface area contributed by atoms with E-state index in [-0.39, 0.29) is 6.10 Å². The minimum absolute atomic E-state index is 0.139. The van der Waals surface area contributed by atoms with Gasteiger partial charge in [0.25, 0.3) is 0 Å². The number of fused-ring (bicyclic) bond motifs is 3. The third-order valence-electron chi connectivity index (χ3n) is 3.22. The SMILES string of the molecule is C=P(O)(O)ON=C(C)OC1CN2CCC1CC2. The quantitative estimate of drug-likeness (QED) is 0.338. The Morgan fingerprint density at radius 2 is 2.06 bits per heavy atom. The van der Waals surface area contributed by atoms with Gasteiger partial charge in [0, 0.05) is 13.5 Å². The van der Waals surface area contributed by atoms with Crippen LogP contribution in [0.4, 0.5) is 0 Å². The van der Waals surface area contributed by atoms with Gasteiger partial charge in [0.05, 0.1) is 0 Å². The molecule has 0 aromatic rings. The smallest absolute Gasteiger partial charge is 0.322 e. The maximum absolute atomic E-state index is 8.94. The molecular formula is C10H19N2O4P. The summed E-state index contributed by atoms with van der Waals surface area (Å²) in [5, 5.41) is 3.54. The Kier molecular flexibility index (Phi) is 3.78. The summed E-state index contributed by atoms with van der Waals surface area (Å²) in [6, 6.07) is 0. The minimum Gasteiger partial charge on any atom is -0.474 e. The van der Waals surface area contributed by atoms with Gasteiger partial charge in [-0.05, 0) is 43.3 Å². The van der Waals surface area contributed by atoms with Crippen LogP contribution in [-0.4, -0.2) is 52.6 Å². The lowest BCUT2D eigenvalue weighted by Crippen LogP contribution is -2.51. The van der Waals surface area contributed by atoms with Crippen LogP contribution in [0.1, 0.15) is 19.8 Å². The van der Waals surface area contributed by atoms with E-state index in [1.54, 1.807) is 6.92 Å². The predicted octanol–water partition coefficient (Wildman–Crippen LogP) is 0.626. The predicted molar refractivity (Wildman–Crippen MR) is 66.7 cm³/mol. The van der Waals surface area contributed by atoms with Gasteiger partial charge in [0.15, 0.2) is 0 Å².